The number of ether oxygens (including phenoxy) is 1. The first-order valence-electron chi connectivity index (χ1n) is 7.81. The molecule has 0 amide bonds. The fourth-order valence-corrected chi connectivity index (χ4v) is 2.88. The molecular weight excluding hydrogens is 300 g/mol. The summed E-state index contributed by atoms with van der Waals surface area (Å²) in [5.41, 5.74) is 0. The van der Waals surface area contributed by atoms with Gasteiger partial charge in [-0.1, -0.05) is 0 Å². The molecular formula is C18H19F2NO2. The fraction of sp³-hybridized carbons (Fsp3) is 0.444. The van der Waals surface area contributed by atoms with Crippen LogP contribution < -0.4 is 4.74 Å². The van der Waals surface area contributed by atoms with Crippen molar-refractivity contribution in [3.8, 4) is 11.8 Å². The highest BCUT2D eigenvalue weighted by atomic mass is 19.1. The Morgan fingerprint density at radius 2 is 1.91 bits per heavy atom. The molecule has 0 bridgehead atoms. The molecule has 0 saturated heterocycles. The summed E-state index contributed by atoms with van der Waals surface area (Å²) in [6.45, 7) is 0. The van der Waals surface area contributed by atoms with Crippen LogP contribution in [0.3, 0.4) is 0 Å². The van der Waals surface area contributed by atoms with E-state index in [0.29, 0.717) is 18.1 Å². The number of nitrogens with zero attached hydrogens (tertiary/aromatic N) is 1. The lowest BCUT2D eigenvalue weighted by atomic mass is 9.80. The van der Waals surface area contributed by atoms with E-state index in [2.05, 4.69) is 0 Å². The zero-order chi connectivity index (χ0) is 16.7. The molecule has 5 heteroatoms. The van der Waals surface area contributed by atoms with Crippen molar-refractivity contribution < 1.29 is 18.3 Å². The van der Waals surface area contributed by atoms with Crippen molar-refractivity contribution in [3.05, 3.63) is 42.0 Å². The number of rotatable bonds is 5. The standard InChI is InChI=1S/C18H19F2NO2/c19-15-8-10-17(11-9-15)23-18(22)14-6-4-13(5-7-14)2-1-3-16(20)12-21/h3,8-11,13-14H,1-2,4-7H2/t13-,14-. The van der Waals surface area contributed by atoms with Gasteiger partial charge in [0.25, 0.3) is 0 Å². The smallest absolute Gasteiger partial charge is 0.314 e. The Kier molecular flexibility index (Phi) is 6.28. The van der Waals surface area contributed by atoms with Crippen molar-refractivity contribution in [2.75, 3.05) is 0 Å². The van der Waals surface area contributed by atoms with Gasteiger partial charge in [0.15, 0.2) is 5.83 Å². The second kappa shape index (κ2) is 8.42. The van der Waals surface area contributed by atoms with E-state index in [1.54, 1.807) is 0 Å². The highest BCUT2D eigenvalue weighted by Crippen LogP contribution is 2.32. The molecule has 0 atom stereocenters. The Hall–Kier alpha value is -2.22. The van der Waals surface area contributed by atoms with Crippen molar-refractivity contribution in [2.24, 2.45) is 11.8 Å². The minimum atomic E-state index is -0.735. The van der Waals surface area contributed by atoms with Crippen LogP contribution >= 0.6 is 0 Å². The van der Waals surface area contributed by atoms with Crippen LogP contribution in [0.5, 0.6) is 5.75 Å². The Labute approximate surface area is 134 Å². The quantitative estimate of drug-likeness (QED) is 0.449. The number of carbonyl (C=O) groups excluding carboxylic acids is 1. The molecule has 1 aliphatic carbocycles. The third-order valence-corrected chi connectivity index (χ3v) is 4.22. The second-order valence-electron chi connectivity index (χ2n) is 5.83. The summed E-state index contributed by atoms with van der Waals surface area (Å²) in [5, 5.41) is 8.34. The molecule has 2 rings (SSSR count). The molecule has 1 aliphatic rings. The van der Waals surface area contributed by atoms with Crippen LogP contribution in [0.1, 0.15) is 38.5 Å². The summed E-state index contributed by atoms with van der Waals surface area (Å²) < 4.78 is 30.8. The van der Waals surface area contributed by atoms with Gasteiger partial charge in [-0.3, -0.25) is 4.79 Å². The van der Waals surface area contributed by atoms with Crippen molar-refractivity contribution >= 4 is 5.97 Å². The summed E-state index contributed by atoms with van der Waals surface area (Å²) in [4.78, 5) is 12.1. The molecule has 0 heterocycles. The summed E-state index contributed by atoms with van der Waals surface area (Å²) in [6.07, 6.45) is 5.97. The minimum Gasteiger partial charge on any atom is -0.426 e. The first-order valence-corrected chi connectivity index (χ1v) is 7.81. The summed E-state index contributed by atoms with van der Waals surface area (Å²) in [7, 11) is 0. The van der Waals surface area contributed by atoms with Crippen LogP contribution in [-0.4, -0.2) is 5.97 Å². The fourth-order valence-electron chi connectivity index (χ4n) is 2.88. The van der Waals surface area contributed by atoms with Gasteiger partial charge in [0.1, 0.15) is 17.6 Å². The van der Waals surface area contributed by atoms with Gasteiger partial charge in [0, 0.05) is 0 Å². The molecule has 0 aromatic heterocycles. The molecule has 0 unspecified atom stereocenters. The number of esters is 1. The van der Waals surface area contributed by atoms with Crippen LogP contribution in [0.2, 0.25) is 0 Å². The first kappa shape index (κ1) is 17.1. The zero-order valence-electron chi connectivity index (χ0n) is 12.8. The van der Waals surface area contributed by atoms with Gasteiger partial charge in [-0.25, -0.2) is 4.39 Å². The molecule has 1 aromatic carbocycles. The number of carbonyl (C=O) groups is 1. The van der Waals surface area contributed by atoms with E-state index in [0.717, 1.165) is 32.1 Å². The van der Waals surface area contributed by atoms with Gasteiger partial charge in [0.2, 0.25) is 0 Å². The monoisotopic (exact) mass is 319 g/mol. The minimum absolute atomic E-state index is 0.136. The molecule has 0 aliphatic heterocycles. The Morgan fingerprint density at radius 3 is 2.52 bits per heavy atom. The number of hydrogen-bond donors (Lipinski definition) is 0. The van der Waals surface area contributed by atoms with Gasteiger partial charge in [-0.15, -0.1) is 0 Å². The van der Waals surface area contributed by atoms with E-state index < -0.39 is 5.83 Å². The summed E-state index contributed by atoms with van der Waals surface area (Å²) >= 11 is 0. The predicted molar refractivity (Wildman–Crippen MR) is 81.5 cm³/mol. The van der Waals surface area contributed by atoms with E-state index in [9.17, 15) is 13.6 Å². The molecule has 122 valence electrons. The number of allylic oxidation sites excluding steroid dienone is 2. The van der Waals surface area contributed by atoms with Gasteiger partial charge < -0.3 is 4.74 Å². The van der Waals surface area contributed by atoms with Crippen molar-refractivity contribution in [3.63, 3.8) is 0 Å². The van der Waals surface area contributed by atoms with E-state index >= 15 is 0 Å². The van der Waals surface area contributed by atoms with E-state index in [4.69, 9.17) is 10.00 Å². The normalized spacial score (nSPS) is 21.5. The van der Waals surface area contributed by atoms with E-state index in [1.165, 1.54) is 36.4 Å². The molecule has 23 heavy (non-hydrogen) atoms. The molecule has 1 saturated carbocycles. The third-order valence-electron chi connectivity index (χ3n) is 4.22. The van der Waals surface area contributed by atoms with E-state index in [1.807, 2.05) is 0 Å². The highest BCUT2D eigenvalue weighted by Gasteiger charge is 2.27. The van der Waals surface area contributed by atoms with Crippen LogP contribution in [0.25, 0.3) is 0 Å². The number of hydrogen-bond acceptors (Lipinski definition) is 3. The van der Waals surface area contributed by atoms with E-state index in [-0.39, 0.29) is 17.7 Å². The zero-order valence-corrected chi connectivity index (χ0v) is 12.8. The van der Waals surface area contributed by atoms with Crippen molar-refractivity contribution in [1.82, 2.24) is 0 Å². The molecule has 1 fully saturated rings. The molecule has 0 radical (unpaired) electrons. The van der Waals surface area contributed by atoms with Gasteiger partial charge in [-0.2, -0.15) is 9.65 Å². The van der Waals surface area contributed by atoms with Gasteiger partial charge in [0.05, 0.1) is 5.92 Å². The maximum Gasteiger partial charge on any atom is 0.314 e. The molecule has 1 aromatic rings. The Bertz CT molecular complexity index is 596. The SMILES string of the molecule is N#CC(F)=CCC[C@H]1CC[C@H](C(=O)Oc2ccc(F)cc2)CC1. The maximum absolute atomic E-state index is 12.8. The molecule has 0 spiro atoms. The number of halogens is 2. The van der Waals surface area contributed by atoms with Crippen molar-refractivity contribution in [1.29, 1.82) is 5.26 Å². The average molecular weight is 319 g/mol. The maximum atomic E-state index is 12.8. The first-order chi connectivity index (χ1) is 11.1. The third kappa shape index (κ3) is 5.48. The molecule has 3 nitrogen and oxygen atoms in total. The highest BCUT2D eigenvalue weighted by molar-refractivity contribution is 5.75. The predicted octanol–water partition coefficient (Wildman–Crippen LogP) is 4.69. The Morgan fingerprint density at radius 1 is 1.26 bits per heavy atom. The lowest BCUT2D eigenvalue weighted by Crippen LogP contribution is -2.25. The number of benzene rings is 1. The lowest BCUT2D eigenvalue weighted by molar-refractivity contribution is -0.140. The molecule has 0 N–H and O–H groups in total. The van der Waals surface area contributed by atoms with Crippen LogP contribution in [0.4, 0.5) is 8.78 Å². The lowest BCUT2D eigenvalue weighted by Gasteiger charge is -2.26. The topological polar surface area (TPSA) is 50.1 Å². The Balaban J connectivity index is 1.74. The average Bonchev–Trinajstić information content (AvgIpc) is 2.57. The van der Waals surface area contributed by atoms with Crippen molar-refractivity contribution in [2.45, 2.75) is 38.5 Å². The van der Waals surface area contributed by atoms with Gasteiger partial charge in [-0.05, 0) is 74.8 Å². The summed E-state index contributed by atoms with van der Waals surface area (Å²) in [5.74, 6) is -0.704. The van der Waals surface area contributed by atoms with Crippen LogP contribution in [0, 0.1) is 29.0 Å². The number of nitriles is 1. The summed E-state index contributed by atoms with van der Waals surface area (Å²) in [6, 6.07) is 6.85. The van der Waals surface area contributed by atoms with Crippen LogP contribution in [0.15, 0.2) is 36.2 Å². The largest absolute Gasteiger partial charge is 0.426 e. The van der Waals surface area contributed by atoms with Crippen LogP contribution in [-0.2, 0) is 4.79 Å². The van der Waals surface area contributed by atoms with Gasteiger partial charge >= 0.3 is 5.97 Å². The second-order valence-corrected chi connectivity index (χ2v) is 5.83.